The van der Waals surface area contributed by atoms with Gasteiger partial charge >= 0.3 is 0 Å². The molecule has 0 bridgehead atoms. The van der Waals surface area contributed by atoms with Crippen LogP contribution >= 0.6 is 0 Å². The van der Waals surface area contributed by atoms with Crippen LogP contribution in [-0.4, -0.2) is 54.8 Å². The molecule has 2 aromatic heterocycles. The van der Waals surface area contributed by atoms with E-state index >= 15 is 0 Å². The molecular formula is C21H28N6O4. The molecule has 3 heterocycles. The third-order valence-electron chi connectivity index (χ3n) is 5.59. The molecular weight excluding hydrogens is 400 g/mol. The second kappa shape index (κ2) is 8.18. The van der Waals surface area contributed by atoms with E-state index in [4.69, 9.17) is 5.73 Å². The summed E-state index contributed by atoms with van der Waals surface area (Å²) >= 11 is 0. The molecule has 4 rings (SSSR count). The summed E-state index contributed by atoms with van der Waals surface area (Å²) in [6.07, 6.45) is 7.47. The van der Waals surface area contributed by atoms with Crippen molar-refractivity contribution in [2.24, 2.45) is 11.7 Å². The minimum absolute atomic E-state index is 0.0413. The summed E-state index contributed by atoms with van der Waals surface area (Å²) in [6.45, 7) is 4.89. The van der Waals surface area contributed by atoms with Crippen LogP contribution in [0.5, 0.6) is 5.88 Å². The number of aromatic hydroxyl groups is 1. The SMILES string of the molecule is CC(C)Cn1c(O)c(C(=O)NC2CC2)c(=O)n2ncc(/C=C/C(=O)N3CCC[C@@H]3N)c12. The lowest BCUT2D eigenvalue weighted by Gasteiger charge is -2.19. The van der Waals surface area contributed by atoms with Crippen molar-refractivity contribution in [2.75, 3.05) is 6.54 Å². The molecule has 2 fully saturated rings. The minimum atomic E-state index is -0.696. The highest BCUT2D eigenvalue weighted by Crippen LogP contribution is 2.25. The van der Waals surface area contributed by atoms with E-state index in [2.05, 4.69) is 10.4 Å². The fourth-order valence-electron chi connectivity index (χ4n) is 3.87. The van der Waals surface area contributed by atoms with Crippen LogP contribution in [0.3, 0.4) is 0 Å². The Morgan fingerprint density at radius 1 is 1.35 bits per heavy atom. The van der Waals surface area contributed by atoms with Crippen LogP contribution in [-0.2, 0) is 11.3 Å². The molecule has 0 aromatic carbocycles. The number of likely N-dealkylation sites (tertiary alicyclic amines) is 1. The van der Waals surface area contributed by atoms with Crippen molar-refractivity contribution in [3.63, 3.8) is 0 Å². The number of hydrogen-bond acceptors (Lipinski definition) is 6. The molecule has 31 heavy (non-hydrogen) atoms. The third kappa shape index (κ3) is 4.07. The topological polar surface area (TPSA) is 135 Å². The highest BCUT2D eigenvalue weighted by molar-refractivity contribution is 5.97. The van der Waals surface area contributed by atoms with Gasteiger partial charge in [-0.1, -0.05) is 13.8 Å². The minimum Gasteiger partial charge on any atom is -0.494 e. The maximum atomic E-state index is 13.0. The normalized spacial score (nSPS) is 19.1. The molecule has 10 nitrogen and oxygen atoms in total. The van der Waals surface area contributed by atoms with Gasteiger partial charge in [-0.2, -0.15) is 9.61 Å². The van der Waals surface area contributed by atoms with Gasteiger partial charge in [0.15, 0.2) is 5.56 Å². The zero-order valence-electron chi connectivity index (χ0n) is 17.7. The summed E-state index contributed by atoms with van der Waals surface area (Å²) in [6, 6.07) is 0.0413. The first-order valence-electron chi connectivity index (χ1n) is 10.7. The first kappa shape index (κ1) is 21.1. The molecule has 0 spiro atoms. The van der Waals surface area contributed by atoms with E-state index in [0.717, 1.165) is 30.2 Å². The van der Waals surface area contributed by atoms with E-state index in [9.17, 15) is 19.5 Å². The summed E-state index contributed by atoms with van der Waals surface area (Å²) in [4.78, 5) is 39.7. The van der Waals surface area contributed by atoms with Gasteiger partial charge in [-0.25, -0.2) is 0 Å². The van der Waals surface area contributed by atoms with Crippen LogP contribution in [0.1, 0.15) is 55.5 Å². The molecule has 1 aliphatic heterocycles. The van der Waals surface area contributed by atoms with E-state index in [1.54, 1.807) is 11.0 Å². The second-order valence-corrected chi connectivity index (χ2v) is 8.67. The van der Waals surface area contributed by atoms with E-state index in [-0.39, 0.29) is 29.6 Å². The van der Waals surface area contributed by atoms with Gasteiger partial charge in [-0.15, -0.1) is 0 Å². The highest BCUT2D eigenvalue weighted by Gasteiger charge is 2.30. The van der Waals surface area contributed by atoms with Gasteiger partial charge in [0.25, 0.3) is 11.5 Å². The van der Waals surface area contributed by atoms with Crippen LogP contribution in [0.15, 0.2) is 17.1 Å². The fourth-order valence-corrected chi connectivity index (χ4v) is 3.87. The van der Waals surface area contributed by atoms with Gasteiger partial charge in [0, 0.05) is 30.8 Å². The van der Waals surface area contributed by atoms with Crippen molar-refractivity contribution in [2.45, 2.75) is 58.3 Å². The summed E-state index contributed by atoms with van der Waals surface area (Å²) in [7, 11) is 0. The molecule has 2 aliphatic rings. The Kier molecular flexibility index (Phi) is 5.57. The molecule has 0 radical (unpaired) electrons. The van der Waals surface area contributed by atoms with Crippen LogP contribution in [0.25, 0.3) is 11.7 Å². The standard InChI is InChI=1S/C21H28N6O4/c1-12(2)11-26-19-13(5-8-16(28)25-9-3-4-15(25)22)10-23-27(19)21(31)17(20(26)30)18(29)24-14-6-7-14/h5,8,10,12,14-15,30H,3-4,6-7,9,11,22H2,1-2H3,(H,24,29)/b8-5+/t15-/m1/s1. The number of carbonyl (C=O) groups excluding carboxylic acids is 2. The Hall–Kier alpha value is -3.14. The van der Waals surface area contributed by atoms with Crippen LogP contribution in [0.2, 0.25) is 0 Å². The Bertz CT molecular complexity index is 1110. The monoisotopic (exact) mass is 428 g/mol. The average molecular weight is 428 g/mol. The van der Waals surface area contributed by atoms with Gasteiger partial charge in [0.2, 0.25) is 11.8 Å². The number of nitrogens with one attached hydrogen (secondary N) is 1. The lowest BCUT2D eigenvalue weighted by molar-refractivity contribution is -0.126. The first-order chi connectivity index (χ1) is 14.8. The van der Waals surface area contributed by atoms with Crippen LogP contribution < -0.4 is 16.6 Å². The number of nitrogens with two attached hydrogens (primary N) is 1. The highest BCUT2D eigenvalue weighted by atomic mass is 16.3. The first-order valence-corrected chi connectivity index (χ1v) is 10.7. The molecule has 2 amide bonds. The summed E-state index contributed by atoms with van der Waals surface area (Å²) in [5, 5.41) is 17.8. The van der Waals surface area contributed by atoms with Gasteiger partial charge < -0.3 is 21.1 Å². The summed E-state index contributed by atoms with van der Waals surface area (Å²) in [5.74, 6) is -1.10. The Morgan fingerprint density at radius 2 is 2.10 bits per heavy atom. The quantitative estimate of drug-likeness (QED) is 0.579. The number of amides is 2. The zero-order chi connectivity index (χ0) is 22.3. The number of hydrogen-bond donors (Lipinski definition) is 3. The molecule has 1 atom stereocenters. The number of nitrogens with zero attached hydrogens (tertiary/aromatic N) is 4. The third-order valence-corrected chi connectivity index (χ3v) is 5.59. The fraction of sp³-hybridized carbons (Fsp3) is 0.524. The van der Waals surface area contributed by atoms with Crippen LogP contribution in [0, 0.1) is 5.92 Å². The zero-order valence-corrected chi connectivity index (χ0v) is 17.7. The lowest BCUT2D eigenvalue weighted by atomic mass is 10.2. The van der Waals surface area contributed by atoms with Gasteiger partial charge in [0.05, 0.1) is 12.4 Å². The van der Waals surface area contributed by atoms with Crippen molar-refractivity contribution >= 4 is 23.5 Å². The largest absolute Gasteiger partial charge is 0.494 e. The second-order valence-electron chi connectivity index (χ2n) is 8.67. The van der Waals surface area contributed by atoms with Crippen molar-refractivity contribution in [3.05, 3.63) is 33.8 Å². The Labute approximate surface area is 179 Å². The number of carbonyl (C=O) groups is 2. The van der Waals surface area contributed by atoms with Crippen molar-refractivity contribution in [1.82, 2.24) is 24.4 Å². The van der Waals surface area contributed by atoms with Gasteiger partial charge in [-0.05, 0) is 37.7 Å². The van der Waals surface area contributed by atoms with Crippen molar-refractivity contribution in [3.8, 4) is 5.88 Å². The Balaban J connectivity index is 1.77. The molecule has 10 heteroatoms. The lowest BCUT2D eigenvalue weighted by Crippen LogP contribution is -2.40. The average Bonchev–Trinajstić information content (AvgIpc) is 3.24. The molecule has 2 aromatic rings. The van der Waals surface area contributed by atoms with E-state index < -0.39 is 17.3 Å². The molecule has 4 N–H and O–H groups in total. The van der Waals surface area contributed by atoms with E-state index in [0.29, 0.717) is 24.3 Å². The Morgan fingerprint density at radius 3 is 2.71 bits per heavy atom. The van der Waals surface area contributed by atoms with Gasteiger partial charge in [-0.3, -0.25) is 19.0 Å². The van der Waals surface area contributed by atoms with Crippen LogP contribution in [0.4, 0.5) is 0 Å². The number of fused-ring (bicyclic) bond motifs is 1. The molecule has 166 valence electrons. The predicted molar refractivity (Wildman–Crippen MR) is 114 cm³/mol. The summed E-state index contributed by atoms with van der Waals surface area (Å²) < 4.78 is 2.61. The smallest absolute Gasteiger partial charge is 0.291 e. The molecule has 0 unspecified atom stereocenters. The molecule has 1 saturated carbocycles. The van der Waals surface area contributed by atoms with Crippen molar-refractivity contribution < 1.29 is 14.7 Å². The van der Waals surface area contributed by atoms with E-state index in [1.807, 2.05) is 13.8 Å². The predicted octanol–water partition coefficient (Wildman–Crippen LogP) is 0.670. The molecule has 1 saturated heterocycles. The maximum absolute atomic E-state index is 13.0. The van der Waals surface area contributed by atoms with Gasteiger partial charge in [0.1, 0.15) is 5.65 Å². The van der Waals surface area contributed by atoms with Crippen molar-refractivity contribution in [1.29, 1.82) is 0 Å². The maximum Gasteiger partial charge on any atom is 0.291 e. The van der Waals surface area contributed by atoms with E-state index in [1.165, 1.54) is 16.8 Å². The molecule has 1 aliphatic carbocycles. The summed E-state index contributed by atoms with van der Waals surface area (Å²) in [5.41, 5.74) is 5.76. The number of aromatic nitrogens is 3. The number of rotatable bonds is 6.